The Bertz CT molecular complexity index is 1080. The summed E-state index contributed by atoms with van der Waals surface area (Å²) in [5, 5.41) is 0. The molecule has 0 aliphatic rings. The van der Waals surface area contributed by atoms with Gasteiger partial charge in [0.1, 0.15) is 0 Å². The molecule has 0 unspecified atom stereocenters. The number of ether oxygens (including phenoxy) is 1. The Kier molecular flexibility index (Phi) is 6.62. The molecule has 1 aromatic heterocycles. The number of aryl methyl sites for hydroxylation is 3. The molecule has 5 nitrogen and oxygen atoms in total. The molecule has 5 heteroatoms. The summed E-state index contributed by atoms with van der Waals surface area (Å²) in [6, 6.07) is 17.3. The number of aromatic amines is 1. The van der Waals surface area contributed by atoms with Crippen LogP contribution in [0.15, 0.2) is 54.6 Å². The predicted octanol–water partition coefficient (Wildman–Crippen LogP) is 4.66. The molecule has 0 radical (unpaired) electrons. The number of Topliss-reactive ketones (excluding diaryl/α,β-unsaturated/α-hetero) is 2. The van der Waals surface area contributed by atoms with Crippen LogP contribution in [0.4, 0.5) is 0 Å². The summed E-state index contributed by atoms with van der Waals surface area (Å²) in [5.74, 6) is -0.998. The average molecular weight is 403 g/mol. The normalized spacial score (nSPS) is 10.6. The molecule has 0 amide bonds. The Hall–Kier alpha value is -3.47. The maximum atomic E-state index is 12.6. The van der Waals surface area contributed by atoms with E-state index in [9.17, 15) is 14.4 Å². The lowest BCUT2D eigenvalue weighted by Crippen LogP contribution is -2.16. The summed E-state index contributed by atoms with van der Waals surface area (Å²) < 4.78 is 5.31. The fourth-order valence-corrected chi connectivity index (χ4v) is 3.70. The van der Waals surface area contributed by atoms with Gasteiger partial charge in [0.25, 0.3) is 0 Å². The van der Waals surface area contributed by atoms with Crippen molar-refractivity contribution in [3.8, 4) is 0 Å². The van der Waals surface area contributed by atoms with E-state index in [1.165, 1.54) is 12.5 Å². The second-order valence-corrected chi connectivity index (χ2v) is 7.32. The van der Waals surface area contributed by atoms with Crippen LogP contribution in [0, 0.1) is 13.8 Å². The van der Waals surface area contributed by atoms with Crippen LogP contribution in [0.2, 0.25) is 0 Å². The molecule has 1 N–H and O–H groups in total. The SMILES string of the molecule is CC(=O)c1c(C)[nH]c(C(=O)COC(=O)c2ccccc2CCc2ccccc2)c1C. The summed E-state index contributed by atoms with van der Waals surface area (Å²) in [7, 11) is 0. The van der Waals surface area contributed by atoms with Gasteiger partial charge in [0.05, 0.1) is 11.3 Å². The van der Waals surface area contributed by atoms with E-state index in [-0.39, 0.29) is 18.2 Å². The minimum Gasteiger partial charge on any atom is -0.454 e. The van der Waals surface area contributed by atoms with E-state index < -0.39 is 5.97 Å². The number of rotatable bonds is 8. The highest BCUT2D eigenvalue weighted by atomic mass is 16.5. The lowest BCUT2D eigenvalue weighted by Gasteiger charge is -2.10. The summed E-state index contributed by atoms with van der Waals surface area (Å²) >= 11 is 0. The summed E-state index contributed by atoms with van der Waals surface area (Å²) in [5.41, 5.74) is 4.58. The smallest absolute Gasteiger partial charge is 0.338 e. The molecular weight excluding hydrogens is 378 g/mol. The number of hydrogen-bond acceptors (Lipinski definition) is 4. The molecule has 2 aromatic carbocycles. The first kappa shape index (κ1) is 21.2. The third kappa shape index (κ3) is 4.74. The number of carbonyl (C=O) groups is 3. The molecule has 0 bridgehead atoms. The molecule has 1 heterocycles. The van der Waals surface area contributed by atoms with Crippen molar-refractivity contribution >= 4 is 17.5 Å². The van der Waals surface area contributed by atoms with Gasteiger partial charge in [-0.3, -0.25) is 9.59 Å². The summed E-state index contributed by atoms with van der Waals surface area (Å²) in [6.07, 6.45) is 1.50. The Morgan fingerprint density at radius 1 is 0.900 bits per heavy atom. The predicted molar refractivity (Wildman–Crippen MR) is 115 cm³/mol. The van der Waals surface area contributed by atoms with Gasteiger partial charge in [0, 0.05) is 11.3 Å². The molecule has 0 atom stereocenters. The van der Waals surface area contributed by atoms with Crippen LogP contribution in [0.5, 0.6) is 0 Å². The number of aromatic nitrogens is 1. The van der Waals surface area contributed by atoms with E-state index in [0.29, 0.717) is 34.5 Å². The van der Waals surface area contributed by atoms with Crippen molar-refractivity contribution in [1.82, 2.24) is 4.98 Å². The Morgan fingerprint density at radius 2 is 1.57 bits per heavy atom. The van der Waals surface area contributed by atoms with Crippen molar-refractivity contribution < 1.29 is 19.1 Å². The molecule has 3 rings (SSSR count). The van der Waals surface area contributed by atoms with Crippen LogP contribution in [-0.2, 0) is 17.6 Å². The van der Waals surface area contributed by atoms with E-state index in [1.54, 1.807) is 26.0 Å². The zero-order valence-corrected chi connectivity index (χ0v) is 17.5. The molecular formula is C25H25NO4. The molecule has 0 fully saturated rings. The van der Waals surface area contributed by atoms with Gasteiger partial charge in [-0.15, -0.1) is 0 Å². The number of hydrogen-bond donors (Lipinski definition) is 1. The van der Waals surface area contributed by atoms with Crippen molar-refractivity contribution in [2.75, 3.05) is 6.61 Å². The zero-order chi connectivity index (χ0) is 21.7. The lowest BCUT2D eigenvalue weighted by molar-refractivity contribution is 0.0472. The minimum atomic E-state index is -0.528. The second-order valence-electron chi connectivity index (χ2n) is 7.32. The third-order valence-corrected chi connectivity index (χ3v) is 5.17. The highest BCUT2D eigenvalue weighted by Gasteiger charge is 2.21. The highest BCUT2D eigenvalue weighted by molar-refractivity contribution is 6.04. The fourth-order valence-electron chi connectivity index (χ4n) is 3.70. The third-order valence-electron chi connectivity index (χ3n) is 5.17. The molecule has 0 aliphatic carbocycles. The Morgan fingerprint density at radius 3 is 2.23 bits per heavy atom. The van der Waals surface area contributed by atoms with E-state index in [4.69, 9.17) is 4.74 Å². The van der Waals surface area contributed by atoms with Gasteiger partial charge in [-0.2, -0.15) is 0 Å². The van der Waals surface area contributed by atoms with Gasteiger partial charge >= 0.3 is 5.97 Å². The van der Waals surface area contributed by atoms with E-state index >= 15 is 0 Å². The van der Waals surface area contributed by atoms with Crippen molar-refractivity contribution in [3.63, 3.8) is 0 Å². The van der Waals surface area contributed by atoms with Crippen LogP contribution < -0.4 is 0 Å². The fraction of sp³-hybridized carbons (Fsp3) is 0.240. The molecule has 0 aliphatic heterocycles. The maximum absolute atomic E-state index is 12.6. The van der Waals surface area contributed by atoms with Crippen LogP contribution in [-0.4, -0.2) is 29.1 Å². The molecule has 154 valence electrons. The van der Waals surface area contributed by atoms with Gasteiger partial charge in [0.2, 0.25) is 5.78 Å². The first-order valence-electron chi connectivity index (χ1n) is 9.90. The van der Waals surface area contributed by atoms with Gasteiger partial charge in [-0.25, -0.2) is 4.79 Å². The quantitative estimate of drug-likeness (QED) is 0.438. The molecule has 30 heavy (non-hydrogen) atoms. The highest BCUT2D eigenvalue weighted by Crippen LogP contribution is 2.19. The topological polar surface area (TPSA) is 76.2 Å². The number of benzene rings is 2. The van der Waals surface area contributed by atoms with Crippen LogP contribution in [0.3, 0.4) is 0 Å². The molecule has 3 aromatic rings. The standard InChI is InChI=1S/C25H25NO4/c1-16-23(18(3)27)17(2)26-24(16)22(28)15-30-25(29)21-12-8-7-11-20(21)14-13-19-9-5-4-6-10-19/h4-12,26H,13-15H2,1-3H3. The van der Waals surface area contributed by atoms with E-state index in [2.05, 4.69) is 17.1 Å². The Balaban J connectivity index is 1.67. The van der Waals surface area contributed by atoms with Crippen molar-refractivity contribution in [2.24, 2.45) is 0 Å². The first-order chi connectivity index (χ1) is 14.4. The van der Waals surface area contributed by atoms with Gasteiger partial charge < -0.3 is 9.72 Å². The summed E-state index contributed by atoms with van der Waals surface area (Å²) in [4.78, 5) is 39.9. The van der Waals surface area contributed by atoms with Crippen LogP contribution >= 0.6 is 0 Å². The average Bonchev–Trinajstić information content (AvgIpc) is 3.05. The van der Waals surface area contributed by atoms with Crippen LogP contribution in [0.25, 0.3) is 0 Å². The zero-order valence-electron chi connectivity index (χ0n) is 17.5. The number of carbonyl (C=O) groups excluding carboxylic acids is 3. The largest absolute Gasteiger partial charge is 0.454 e. The number of H-pyrrole nitrogens is 1. The van der Waals surface area contributed by atoms with Crippen molar-refractivity contribution in [3.05, 3.63) is 93.8 Å². The second kappa shape index (κ2) is 9.35. The molecule has 0 saturated carbocycles. The summed E-state index contributed by atoms with van der Waals surface area (Å²) in [6.45, 7) is 4.54. The molecule has 0 spiro atoms. The van der Waals surface area contributed by atoms with Crippen molar-refractivity contribution in [1.29, 1.82) is 0 Å². The Labute approximate surface area is 176 Å². The van der Waals surface area contributed by atoms with Gasteiger partial charge in [0.15, 0.2) is 12.4 Å². The minimum absolute atomic E-state index is 0.107. The number of esters is 1. The van der Waals surface area contributed by atoms with Gasteiger partial charge in [-0.1, -0.05) is 48.5 Å². The number of nitrogens with one attached hydrogen (secondary N) is 1. The maximum Gasteiger partial charge on any atom is 0.338 e. The molecule has 0 saturated heterocycles. The number of ketones is 2. The van der Waals surface area contributed by atoms with Crippen LogP contribution in [0.1, 0.15) is 60.5 Å². The van der Waals surface area contributed by atoms with Gasteiger partial charge in [-0.05, 0) is 56.4 Å². The van der Waals surface area contributed by atoms with E-state index in [0.717, 1.165) is 12.0 Å². The first-order valence-corrected chi connectivity index (χ1v) is 9.90. The van der Waals surface area contributed by atoms with E-state index in [1.807, 2.05) is 30.3 Å². The monoisotopic (exact) mass is 403 g/mol. The van der Waals surface area contributed by atoms with Crippen molar-refractivity contribution in [2.45, 2.75) is 33.6 Å². The lowest BCUT2D eigenvalue weighted by atomic mass is 10.00.